The summed E-state index contributed by atoms with van der Waals surface area (Å²) in [6, 6.07) is 3.82. The van der Waals surface area contributed by atoms with E-state index in [9.17, 15) is 8.78 Å². The smallest absolute Gasteiger partial charge is 0.213 e. The lowest BCUT2D eigenvalue weighted by Gasteiger charge is -2.26. The lowest BCUT2D eigenvalue weighted by Crippen LogP contribution is -2.34. The van der Waals surface area contributed by atoms with E-state index in [4.69, 9.17) is 4.52 Å². The summed E-state index contributed by atoms with van der Waals surface area (Å²) in [4.78, 5) is 4.10. The Bertz CT molecular complexity index is 610. The Morgan fingerprint density at radius 2 is 1.78 bits per heavy atom. The van der Waals surface area contributed by atoms with E-state index in [1.54, 1.807) is 6.07 Å². The largest absolute Gasteiger partial charge is 0.343 e. The minimum atomic E-state index is -0.865. The number of halogens is 2. The van der Waals surface area contributed by atoms with E-state index in [2.05, 4.69) is 15.5 Å². The van der Waals surface area contributed by atoms with Gasteiger partial charge in [0.15, 0.2) is 17.5 Å². The van der Waals surface area contributed by atoms with Crippen LogP contribution < -0.4 is 5.32 Å². The highest BCUT2D eigenvalue weighted by atomic mass is 19.2. The van der Waals surface area contributed by atoms with Crippen molar-refractivity contribution in [2.24, 2.45) is 0 Å². The molecular formula is C17H21F2N3O. The van der Waals surface area contributed by atoms with Crippen LogP contribution in [0.3, 0.4) is 0 Å². The van der Waals surface area contributed by atoms with Crippen LogP contribution in [0, 0.1) is 11.6 Å². The molecular weight excluding hydrogens is 300 g/mol. The molecule has 1 aliphatic rings. The summed E-state index contributed by atoms with van der Waals surface area (Å²) in [5.74, 6) is -1.28. The molecule has 2 aromatic rings. The van der Waals surface area contributed by atoms with E-state index in [-0.39, 0.29) is 0 Å². The Balaban J connectivity index is 1.82. The van der Waals surface area contributed by atoms with Crippen molar-refractivity contribution < 1.29 is 13.3 Å². The maximum atomic E-state index is 13.6. The molecule has 1 N–H and O–H groups in total. The third-order valence-corrected chi connectivity index (χ3v) is 4.42. The average molecular weight is 321 g/mol. The molecule has 0 bridgehead atoms. The molecule has 0 radical (unpaired) electrons. The van der Waals surface area contributed by atoms with Gasteiger partial charge in [-0.2, -0.15) is 4.98 Å². The Morgan fingerprint density at radius 3 is 2.43 bits per heavy atom. The second-order valence-electron chi connectivity index (χ2n) is 6.10. The van der Waals surface area contributed by atoms with Gasteiger partial charge in [0.25, 0.3) is 0 Å². The zero-order chi connectivity index (χ0) is 16.1. The van der Waals surface area contributed by atoms with Crippen LogP contribution >= 0.6 is 0 Å². The van der Waals surface area contributed by atoms with Gasteiger partial charge >= 0.3 is 0 Å². The van der Waals surface area contributed by atoms with Crippen LogP contribution in [0.1, 0.15) is 62.4 Å². The first-order valence-electron chi connectivity index (χ1n) is 8.21. The van der Waals surface area contributed by atoms with Crippen molar-refractivity contribution in [1.29, 1.82) is 0 Å². The topological polar surface area (TPSA) is 51.0 Å². The fraction of sp³-hybridized carbons (Fsp3) is 0.529. The van der Waals surface area contributed by atoms with Gasteiger partial charge in [0.05, 0.1) is 6.04 Å². The van der Waals surface area contributed by atoms with Crippen LogP contribution in [0.4, 0.5) is 8.78 Å². The molecule has 1 aromatic carbocycles. The normalized spacial score (nSPS) is 18.3. The molecule has 6 heteroatoms. The minimum absolute atomic E-state index is 0.312. The number of benzene rings is 1. The monoisotopic (exact) mass is 321 g/mol. The van der Waals surface area contributed by atoms with E-state index in [1.165, 1.54) is 44.6 Å². The first kappa shape index (κ1) is 16.1. The molecule has 1 heterocycles. The fourth-order valence-electron chi connectivity index (χ4n) is 3.18. The molecule has 1 atom stereocenters. The molecule has 1 aliphatic carbocycles. The third-order valence-electron chi connectivity index (χ3n) is 4.42. The Hall–Kier alpha value is -1.82. The highest BCUT2D eigenvalue weighted by Gasteiger charge is 2.23. The zero-order valence-electron chi connectivity index (χ0n) is 13.0. The van der Waals surface area contributed by atoms with Gasteiger partial charge in [0, 0.05) is 6.04 Å². The minimum Gasteiger partial charge on any atom is -0.343 e. The first-order chi connectivity index (χ1) is 11.2. The second-order valence-corrected chi connectivity index (χ2v) is 6.10. The van der Waals surface area contributed by atoms with Gasteiger partial charge in [-0.25, -0.2) is 8.78 Å². The van der Waals surface area contributed by atoms with Crippen LogP contribution in [0.15, 0.2) is 29.1 Å². The lowest BCUT2D eigenvalue weighted by molar-refractivity contribution is 0.354. The fourth-order valence-corrected chi connectivity index (χ4v) is 3.18. The molecule has 1 unspecified atom stereocenters. The second kappa shape index (κ2) is 7.64. The molecule has 124 valence electrons. The molecule has 0 spiro atoms. The Kier molecular flexibility index (Phi) is 5.33. The van der Waals surface area contributed by atoms with Gasteiger partial charge in [-0.3, -0.25) is 0 Å². The van der Waals surface area contributed by atoms with Crippen LogP contribution in [0.2, 0.25) is 0 Å². The van der Waals surface area contributed by atoms with E-state index in [0.29, 0.717) is 17.4 Å². The number of rotatable bonds is 4. The van der Waals surface area contributed by atoms with Crippen molar-refractivity contribution >= 4 is 0 Å². The number of nitrogens with zero attached hydrogens (tertiary/aromatic N) is 2. The summed E-state index contributed by atoms with van der Waals surface area (Å²) in [6.45, 7) is 0. The summed E-state index contributed by atoms with van der Waals surface area (Å²) in [7, 11) is 0. The summed E-state index contributed by atoms with van der Waals surface area (Å²) >= 11 is 0. The summed E-state index contributed by atoms with van der Waals surface area (Å²) in [6.07, 6.45) is 9.53. The molecule has 0 amide bonds. The molecule has 0 aliphatic heterocycles. The van der Waals surface area contributed by atoms with Crippen LogP contribution in [-0.2, 0) is 0 Å². The number of aromatic nitrogens is 2. The predicted octanol–water partition coefficient (Wildman–Crippen LogP) is 4.14. The van der Waals surface area contributed by atoms with Gasteiger partial charge in [0.1, 0.15) is 0 Å². The van der Waals surface area contributed by atoms with Crippen LogP contribution in [0.5, 0.6) is 0 Å². The van der Waals surface area contributed by atoms with E-state index >= 15 is 0 Å². The van der Waals surface area contributed by atoms with Gasteiger partial charge < -0.3 is 9.84 Å². The molecule has 1 fully saturated rings. The highest BCUT2D eigenvalue weighted by molar-refractivity contribution is 5.26. The van der Waals surface area contributed by atoms with Crippen molar-refractivity contribution in [1.82, 2.24) is 15.5 Å². The maximum Gasteiger partial charge on any atom is 0.213 e. The van der Waals surface area contributed by atoms with Gasteiger partial charge in [-0.05, 0) is 30.5 Å². The van der Waals surface area contributed by atoms with Crippen molar-refractivity contribution in [3.05, 3.63) is 47.6 Å². The van der Waals surface area contributed by atoms with Gasteiger partial charge in [-0.15, -0.1) is 0 Å². The summed E-state index contributed by atoms with van der Waals surface area (Å²) in [5, 5.41) is 7.40. The molecule has 0 saturated heterocycles. The molecule has 1 aromatic heterocycles. The number of nitrogens with one attached hydrogen (secondary N) is 1. The van der Waals surface area contributed by atoms with Gasteiger partial charge in [-0.1, -0.05) is 43.3 Å². The Morgan fingerprint density at radius 1 is 1.04 bits per heavy atom. The number of hydrogen-bond acceptors (Lipinski definition) is 4. The molecule has 3 rings (SSSR count). The highest BCUT2D eigenvalue weighted by Crippen LogP contribution is 2.25. The predicted molar refractivity (Wildman–Crippen MR) is 81.7 cm³/mol. The quantitative estimate of drug-likeness (QED) is 0.919. The molecule has 1 saturated carbocycles. The molecule has 4 nitrogen and oxygen atoms in total. The van der Waals surface area contributed by atoms with Crippen molar-refractivity contribution in [3.8, 4) is 0 Å². The summed E-state index contributed by atoms with van der Waals surface area (Å²) < 4.78 is 31.7. The van der Waals surface area contributed by atoms with E-state index < -0.39 is 17.7 Å². The van der Waals surface area contributed by atoms with E-state index in [0.717, 1.165) is 18.9 Å². The first-order valence-corrected chi connectivity index (χ1v) is 8.21. The summed E-state index contributed by atoms with van der Waals surface area (Å²) in [5.41, 5.74) is 0.604. The average Bonchev–Trinajstić information content (AvgIpc) is 3.03. The van der Waals surface area contributed by atoms with Gasteiger partial charge in [0.2, 0.25) is 6.39 Å². The SMILES string of the molecule is Fc1ccc(C(NC2CCCCCCC2)c2ncon2)cc1F. The maximum absolute atomic E-state index is 13.6. The zero-order valence-corrected chi connectivity index (χ0v) is 13.0. The van der Waals surface area contributed by atoms with Crippen molar-refractivity contribution in [3.63, 3.8) is 0 Å². The van der Waals surface area contributed by atoms with Crippen molar-refractivity contribution in [2.45, 2.75) is 57.0 Å². The third kappa shape index (κ3) is 4.13. The van der Waals surface area contributed by atoms with Crippen LogP contribution in [0.25, 0.3) is 0 Å². The lowest BCUT2D eigenvalue weighted by atomic mass is 9.95. The van der Waals surface area contributed by atoms with Crippen molar-refractivity contribution in [2.75, 3.05) is 0 Å². The van der Waals surface area contributed by atoms with Crippen LogP contribution in [-0.4, -0.2) is 16.2 Å². The standard InChI is InChI=1S/C17H21F2N3O/c18-14-9-8-12(10-15(14)19)16(17-20-11-23-22-17)21-13-6-4-2-1-3-5-7-13/h8-11,13,16,21H,1-7H2. The van der Waals surface area contributed by atoms with E-state index in [1.807, 2.05) is 0 Å². The molecule has 23 heavy (non-hydrogen) atoms. The Labute approximate surface area is 134 Å². The number of hydrogen-bond donors (Lipinski definition) is 1.